The van der Waals surface area contributed by atoms with Gasteiger partial charge in [0, 0.05) is 28.5 Å². The minimum Gasteiger partial charge on any atom is -0.369 e. The summed E-state index contributed by atoms with van der Waals surface area (Å²) in [5.74, 6) is 0.556. The van der Waals surface area contributed by atoms with E-state index in [1.54, 1.807) is 0 Å². The number of aliphatic imine (C=N–C) groups is 1. The fraction of sp³-hybridized carbons (Fsp3) is 0.286. The van der Waals surface area contributed by atoms with E-state index in [1.165, 1.54) is 5.56 Å². The summed E-state index contributed by atoms with van der Waals surface area (Å²) in [5, 5.41) is 4.32. The van der Waals surface area contributed by atoms with Crippen molar-refractivity contribution in [1.29, 1.82) is 0 Å². The molecule has 5 nitrogen and oxygen atoms in total. The molecule has 0 radical (unpaired) electrons. The average molecular weight is 334 g/mol. The molecule has 0 amide bonds. The Morgan fingerprint density at radius 2 is 2.00 bits per heavy atom. The first-order chi connectivity index (χ1) is 9.58. The minimum atomic E-state index is 0.116. The van der Waals surface area contributed by atoms with Crippen LogP contribution in [0.5, 0.6) is 0 Å². The highest BCUT2D eigenvalue weighted by Crippen LogP contribution is 2.32. The number of rotatable bonds is 2. The van der Waals surface area contributed by atoms with Crippen LogP contribution in [0.15, 0.2) is 39.9 Å². The van der Waals surface area contributed by atoms with Crippen LogP contribution < -0.4 is 10.6 Å². The van der Waals surface area contributed by atoms with Crippen molar-refractivity contribution in [3.05, 3.63) is 46.2 Å². The van der Waals surface area contributed by atoms with Crippen LogP contribution in [-0.4, -0.2) is 22.3 Å². The highest BCUT2D eigenvalue weighted by atomic mass is 79.9. The molecule has 6 heteroatoms. The maximum absolute atomic E-state index is 6.07. The van der Waals surface area contributed by atoms with Crippen molar-refractivity contribution in [1.82, 2.24) is 9.78 Å². The number of hydrogen-bond donors (Lipinski definition) is 1. The number of halogens is 1. The molecule has 1 aromatic carbocycles. The van der Waals surface area contributed by atoms with Gasteiger partial charge in [-0.05, 0) is 31.2 Å². The zero-order valence-corrected chi connectivity index (χ0v) is 13.0. The molecule has 2 aromatic rings. The van der Waals surface area contributed by atoms with Crippen molar-refractivity contribution in [2.75, 3.05) is 11.4 Å². The third-order valence-electron chi connectivity index (χ3n) is 3.72. The Kier molecular flexibility index (Phi) is 3.25. The minimum absolute atomic E-state index is 0.116. The molecule has 1 atom stereocenters. The maximum Gasteiger partial charge on any atom is 0.196 e. The summed E-state index contributed by atoms with van der Waals surface area (Å²) in [6.07, 6.45) is 1.90. The van der Waals surface area contributed by atoms with E-state index in [9.17, 15) is 0 Å². The molecule has 0 spiro atoms. The Balaban J connectivity index is 2.00. The van der Waals surface area contributed by atoms with Crippen molar-refractivity contribution in [2.45, 2.75) is 13.0 Å². The van der Waals surface area contributed by atoms with Gasteiger partial charge in [0.1, 0.15) is 0 Å². The molecule has 0 saturated heterocycles. The van der Waals surface area contributed by atoms with Crippen LogP contribution in [0.2, 0.25) is 0 Å². The summed E-state index contributed by atoms with van der Waals surface area (Å²) in [4.78, 5) is 6.46. The third-order valence-corrected chi connectivity index (χ3v) is 4.25. The molecular formula is C14H16BrN5. The Morgan fingerprint density at radius 1 is 1.30 bits per heavy atom. The number of nitrogens with zero attached hydrogens (tertiary/aromatic N) is 4. The van der Waals surface area contributed by atoms with E-state index in [0.29, 0.717) is 12.5 Å². The summed E-state index contributed by atoms with van der Waals surface area (Å²) in [6, 6.07) is 8.21. The molecule has 2 heterocycles. The lowest BCUT2D eigenvalue weighted by atomic mass is 10.1. The second-order valence-electron chi connectivity index (χ2n) is 4.87. The van der Waals surface area contributed by atoms with Gasteiger partial charge in [0.2, 0.25) is 0 Å². The van der Waals surface area contributed by atoms with Crippen molar-refractivity contribution in [3.63, 3.8) is 0 Å². The molecule has 0 aliphatic carbocycles. The van der Waals surface area contributed by atoms with E-state index in [1.807, 2.05) is 42.2 Å². The summed E-state index contributed by atoms with van der Waals surface area (Å²) >= 11 is 3.45. The molecule has 3 rings (SSSR count). The van der Waals surface area contributed by atoms with E-state index in [-0.39, 0.29) is 6.04 Å². The number of guanidine groups is 1. The molecule has 2 N–H and O–H groups in total. The zero-order chi connectivity index (χ0) is 14.3. The maximum atomic E-state index is 6.07. The predicted molar refractivity (Wildman–Crippen MR) is 83.8 cm³/mol. The molecule has 0 saturated carbocycles. The van der Waals surface area contributed by atoms with Crippen LogP contribution in [0.4, 0.5) is 5.69 Å². The molecule has 1 aliphatic rings. The first kappa shape index (κ1) is 13.2. The highest BCUT2D eigenvalue weighted by Gasteiger charge is 2.31. The molecule has 1 unspecified atom stereocenters. The molecule has 1 aromatic heterocycles. The zero-order valence-electron chi connectivity index (χ0n) is 11.4. The van der Waals surface area contributed by atoms with Gasteiger partial charge in [-0.1, -0.05) is 15.9 Å². The lowest BCUT2D eigenvalue weighted by molar-refractivity contribution is 0.723. The topological polar surface area (TPSA) is 59.4 Å². The SMILES string of the molecule is Cc1c(C2CN=C(N)N2c2ccc(Br)cc2)cnn1C. The van der Waals surface area contributed by atoms with Crippen LogP contribution in [0.1, 0.15) is 17.3 Å². The van der Waals surface area contributed by atoms with Gasteiger partial charge >= 0.3 is 0 Å². The number of anilines is 1. The Morgan fingerprint density at radius 3 is 2.60 bits per heavy atom. The van der Waals surface area contributed by atoms with Crippen LogP contribution in [-0.2, 0) is 7.05 Å². The molecule has 104 valence electrons. The Labute approximate surface area is 126 Å². The fourth-order valence-electron chi connectivity index (χ4n) is 2.49. The van der Waals surface area contributed by atoms with Crippen molar-refractivity contribution in [2.24, 2.45) is 17.8 Å². The summed E-state index contributed by atoms with van der Waals surface area (Å²) < 4.78 is 2.92. The smallest absolute Gasteiger partial charge is 0.196 e. The Hall–Kier alpha value is -1.82. The number of aromatic nitrogens is 2. The van der Waals surface area contributed by atoms with Crippen LogP contribution in [0, 0.1) is 6.92 Å². The molecule has 20 heavy (non-hydrogen) atoms. The second kappa shape index (κ2) is 4.94. The van der Waals surface area contributed by atoms with Gasteiger partial charge in [-0.3, -0.25) is 9.67 Å². The Bertz CT molecular complexity index is 659. The van der Waals surface area contributed by atoms with Crippen molar-refractivity contribution < 1.29 is 0 Å². The van der Waals surface area contributed by atoms with Gasteiger partial charge in [0.05, 0.1) is 18.8 Å². The number of hydrogen-bond acceptors (Lipinski definition) is 4. The molecular weight excluding hydrogens is 318 g/mol. The summed E-state index contributed by atoms with van der Waals surface area (Å²) in [7, 11) is 1.95. The lowest BCUT2D eigenvalue weighted by Gasteiger charge is -2.26. The summed E-state index contributed by atoms with van der Waals surface area (Å²) in [6.45, 7) is 2.73. The van der Waals surface area contributed by atoms with Gasteiger partial charge < -0.3 is 10.6 Å². The van der Waals surface area contributed by atoms with Gasteiger partial charge in [-0.15, -0.1) is 0 Å². The van der Waals surface area contributed by atoms with E-state index >= 15 is 0 Å². The number of aryl methyl sites for hydroxylation is 1. The van der Waals surface area contributed by atoms with Gasteiger partial charge in [-0.2, -0.15) is 5.10 Å². The predicted octanol–water partition coefficient (Wildman–Crippen LogP) is 2.37. The molecule has 1 aliphatic heterocycles. The lowest BCUT2D eigenvalue weighted by Crippen LogP contribution is -2.36. The third kappa shape index (κ3) is 2.10. The largest absolute Gasteiger partial charge is 0.369 e. The van der Waals surface area contributed by atoms with Crippen molar-refractivity contribution in [3.8, 4) is 0 Å². The van der Waals surface area contributed by atoms with Crippen molar-refractivity contribution >= 4 is 27.6 Å². The van der Waals surface area contributed by atoms with E-state index < -0.39 is 0 Å². The van der Waals surface area contributed by atoms with Gasteiger partial charge in [0.25, 0.3) is 0 Å². The first-order valence-corrected chi connectivity index (χ1v) is 7.20. The van der Waals surface area contributed by atoms with Crippen LogP contribution in [0.3, 0.4) is 0 Å². The van der Waals surface area contributed by atoms with E-state index in [2.05, 4.69) is 37.8 Å². The fourth-order valence-corrected chi connectivity index (χ4v) is 2.76. The van der Waals surface area contributed by atoms with E-state index in [4.69, 9.17) is 5.73 Å². The van der Waals surface area contributed by atoms with Gasteiger partial charge in [0.15, 0.2) is 5.96 Å². The van der Waals surface area contributed by atoms with Gasteiger partial charge in [-0.25, -0.2) is 0 Å². The first-order valence-electron chi connectivity index (χ1n) is 6.41. The quantitative estimate of drug-likeness (QED) is 0.917. The van der Waals surface area contributed by atoms with E-state index in [0.717, 1.165) is 15.9 Å². The second-order valence-corrected chi connectivity index (χ2v) is 5.79. The molecule has 0 bridgehead atoms. The van der Waals surface area contributed by atoms with Crippen LogP contribution in [0.25, 0.3) is 0 Å². The normalized spacial score (nSPS) is 18.4. The number of benzene rings is 1. The monoisotopic (exact) mass is 333 g/mol. The number of nitrogens with two attached hydrogens (primary N) is 1. The standard InChI is InChI=1S/C14H16BrN5/c1-9-12(7-18-19(9)2)13-8-17-14(16)20(13)11-5-3-10(15)4-6-11/h3-7,13H,8H2,1-2H3,(H2,16,17). The highest BCUT2D eigenvalue weighted by molar-refractivity contribution is 9.10. The van der Waals surface area contributed by atoms with Crippen LogP contribution >= 0.6 is 15.9 Å². The average Bonchev–Trinajstić information content (AvgIpc) is 2.96. The summed E-state index contributed by atoms with van der Waals surface area (Å²) in [5.41, 5.74) is 9.42. The molecule has 0 fully saturated rings.